The third-order valence-electron chi connectivity index (χ3n) is 4.43. The van der Waals surface area contributed by atoms with E-state index in [0.717, 1.165) is 24.0 Å². The number of carbonyl (C=O) groups excluding carboxylic acids is 2. The smallest absolute Gasteiger partial charge is 0.309 e. The van der Waals surface area contributed by atoms with Gasteiger partial charge in [0.05, 0.1) is 0 Å². The minimum Gasteiger partial charge on any atom is -0.345 e. The average Bonchev–Trinajstić information content (AvgIpc) is 2.42. The summed E-state index contributed by atoms with van der Waals surface area (Å²) >= 11 is 0. The van der Waals surface area contributed by atoms with Gasteiger partial charge in [0.15, 0.2) is 0 Å². The summed E-state index contributed by atoms with van der Waals surface area (Å²) in [7, 11) is 0. The van der Waals surface area contributed by atoms with Gasteiger partial charge in [0, 0.05) is 23.7 Å². The SMILES string of the molecule is Cc1ccccc1CNC(=O)C(=O)NC1CC(C)(C)NC(C)(C)C1. The van der Waals surface area contributed by atoms with Crippen molar-refractivity contribution in [1.82, 2.24) is 16.0 Å². The zero-order valence-electron chi connectivity index (χ0n) is 15.3. The van der Waals surface area contributed by atoms with Crippen molar-refractivity contribution < 1.29 is 9.59 Å². The molecule has 1 aliphatic rings. The van der Waals surface area contributed by atoms with Crippen molar-refractivity contribution in [3.05, 3.63) is 35.4 Å². The second kappa shape index (κ2) is 6.93. The molecule has 0 aromatic heterocycles. The highest BCUT2D eigenvalue weighted by Crippen LogP contribution is 2.28. The van der Waals surface area contributed by atoms with E-state index in [1.165, 1.54) is 0 Å². The van der Waals surface area contributed by atoms with E-state index >= 15 is 0 Å². The van der Waals surface area contributed by atoms with Gasteiger partial charge in [-0.05, 0) is 58.6 Å². The van der Waals surface area contributed by atoms with Gasteiger partial charge in [-0.15, -0.1) is 0 Å². The van der Waals surface area contributed by atoms with E-state index < -0.39 is 11.8 Å². The predicted octanol–water partition coefficient (Wildman–Crippen LogP) is 2.04. The zero-order valence-corrected chi connectivity index (χ0v) is 15.3. The van der Waals surface area contributed by atoms with Gasteiger partial charge in [0.2, 0.25) is 0 Å². The van der Waals surface area contributed by atoms with Crippen LogP contribution in [0.2, 0.25) is 0 Å². The molecule has 2 rings (SSSR count). The van der Waals surface area contributed by atoms with Gasteiger partial charge in [0.25, 0.3) is 0 Å². The van der Waals surface area contributed by atoms with Crippen molar-refractivity contribution in [2.75, 3.05) is 0 Å². The molecule has 0 spiro atoms. The van der Waals surface area contributed by atoms with Crippen LogP contribution in [0.1, 0.15) is 51.7 Å². The van der Waals surface area contributed by atoms with Crippen LogP contribution >= 0.6 is 0 Å². The molecule has 5 heteroatoms. The molecule has 0 radical (unpaired) electrons. The molecule has 5 nitrogen and oxygen atoms in total. The van der Waals surface area contributed by atoms with Crippen LogP contribution in [0.4, 0.5) is 0 Å². The largest absolute Gasteiger partial charge is 0.345 e. The monoisotopic (exact) mass is 331 g/mol. The van der Waals surface area contributed by atoms with Crippen LogP contribution < -0.4 is 16.0 Å². The molecule has 1 fully saturated rings. The first-order valence-electron chi connectivity index (χ1n) is 8.50. The van der Waals surface area contributed by atoms with Gasteiger partial charge < -0.3 is 16.0 Å². The molecule has 132 valence electrons. The molecule has 0 unspecified atom stereocenters. The van der Waals surface area contributed by atoms with Crippen LogP contribution in [0, 0.1) is 6.92 Å². The number of aryl methyl sites for hydroxylation is 1. The summed E-state index contributed by atoms with van der Waals surface area (Å²) in [4.78, 5) is 24.3. The summed E-state index contributed by atoms with van der Waals surface area (Å²) in [5.41, 5.74) is 1.97. The molecule has 1 aliphatic heterocycles. The fraction of sp³-hybridized carbons (Fsp3) is 0.579. The van der Waals surface area contributed by atoms with Crippen LogP contribution in [0.25, 0.3) is 0 Å². The summed E-state index contributed by atoms with van der Waals surface area (Å²) in [6.45, 7) is 10.8. The molecule has 3 N–H and O–H groups in total. The highest BCUT2D eigenvalue weighted by Gasteiger charge is 2.38. The highest BCUT2D eigenvalue weighted by molar-refractivity contribution is 6.35. The lowest BCUT2D eigenvalue weighted by molar-refractivity contribution is -0.140. The molecule has 1 aromatic carbocycles. The normalized spacial score (nSPS) is 19.5. The van der Waals surface area contributed by atoms with Gasteiger partial charge in [-0.1, -0.05) is 24.3 Å². The number of nitrogens with one attached hydrogen (secondary N) is 3. The Labute approximate surface area is 144 Å². The summed E-state index contributed by atoms with van der Waals surface area (Å²) in [6.07, 6.45) is 1.60. The van der Waals surface area contributed by atoms with Gasteiger partial charge in [0.1, 0.15) is 0 Å². The minimum absolute atomic E-state index is 0.00652. The van der Waals surface area contributed by atoms with Crippen LogP contribution in [-0.2, 0) is 16.1 Å². The maximum absolute atomic E-state index is 12.2. The Hall–Kier alpha value is -1.88. The molecule has 0 atom stereocenters. The summed E-state index contributed by atoms with van der Waals surface area (Å²) in [5.74, 6) is -1.13. The van der Waals surface area contributed by atoms with E-state index in [-0.39, 0.29) is 17.1 Å². The number of benzene rings is 1. The van der Waals surface area contributed by atoms with E-state index in [1.54, 1.807) is 0 Å². The van der Waals surface area contributed by atoms with Crippen molar-refractivity contribution in [3.63, 3.8) is 0 Å². The molecule has 1 aromatic rings. The standard InChI is InChI=1S/C19H29N3O2/c1-13-8-6-7-9-14(13)12-20-16(23)17(24)21-15-10-18(2,3)22-19(4,5)11-15/h6-9,15,22H,10-12H2,1-5H3,(H,20,23)(H,21,24). The van der Waals surface area contributed by atoms with Crippen LogP contribution in [0.5, 0.6) is 0 Å². The molecule has 0 aliphatic carbocycles. The Balaban J connectivity index is 1.90. The zero-order chi connectivity index (χ0) is 18.0. The third kappa shape index (κ3) is 5.06. The van der Waals surface area contributed by atoms with Gasteiger partial charge in [-0.25, -0.2) is 0 Å². The first kappa shape index (κ1) is 18.5. The van der Waals surface area contributed by atoms with E-state index in [1.807, 2.05) is 31.2 Å². The van der Waals surface area contributed by atoms with Crippen molar-refractivity contribution in [3.8, 4) is 0 Å². The average molecular weight is 331 g/mol. The van der Waals surface area contributed by atoms with Crippen LogP contribution in [0.3, 0.4) is 0 Å². The molecule has 1 saturated heterocycles. The maximum Gasteiger partial charge on any atom is 0.309 e. The molecular weight excluding hydrogens is 302 g/mol. The minimum atomic E-state index is -0.576. The first-order valence-corrected chi connectivity index (χ1v) is 8.50. The fourth-order valence-electron chi connectivity index (χ4n) is 3.74. The van der Waals surface area contributed by atoms with Crippen molar-refractivity contribution in [2.24, 2.45) is 0 Å². The quantitative estimate of drug-likeness (QED) is 0.742. The fourth-order valence-corrected chi connectivity index (χ4v) is 3.74. The Morgan fingerprint density at radius 1 is 1.08 bits per heavy atom. The first-order chi connectivity index (χ1) is 11.1. The highest BCUT2D eigenvalue weighted by atomic mass is 16.2. The van der Waals surface area contributed by atoms with E-state index in [9.17, 15) is 9.59 Å². The number of piperidine rings is 1. The number of carbonyl (C=O) groups is 2. The lowest BCUT2D eigenvalue weighted by Gasteiger charge is -2.46. The molecular formula is C19H29N3O2. The number of amides is 2. The molecule has 0 bridgehead atoms. The van der Waals surface area contributed by atoms with Gasteiger partial charge in [-0.2, -0.15) is 0 Å². The Bertz CT molecular complexity index is 607. The van der Waals surface area contributed by atoms with Crippen LogP contribution in [0.15, 0.2) is 24.3 Å². The summed E-state index contributed by atoms with van der Waals surface area (Å²) in [5, 5.41) is 9.16. The molecule has 1 heterocycles. The predicted molar refractivity (Wildman–Crippen MR) is 95.5 cm³/mol. The number of hydrogen-bond donors (Lipinski definition) is 3. The molecule has 2 amide bonds. The third-order valence-corrected chi connectivity index (χ3v) is 4.43. The van der Waals surface area contributed by atoms with Gasteiger partial charge >= 0.3 is 11.8 Å². The van der Waals surface area contributed by atoms with Crippen LogP contribution in [-0.4, -0.2) is 28.9 Å². The second-order valence-corrected chi connectivity index (χ2v) is 8.08. The molecule has 0 saturated carbocycles. The lowest BCUT2D eigenvalue weighted by atomic mass is 9.79. The Kier molecular flexibility index (Phi) is 5.33. The van der Waals surface area contributed by atoms with E-state index in [4.69, 9.17) is 0 Å². The second-order valence-electron chi connectivity index (χ2n) is 8.08. The van der Waals surface area contributed by atoms with Crippen molar-refractivity contribution in [2.45, 2.75) is 71.1 Å². The maximum atomic E-state index is 12.2. The van der Waals surface area contributed by atoms with E-state index in [0.29, 0.717) is 6.54 Å². The summed E-state index contributed by atoms with van der Waals surface area (Å²) in [6, 6.07) is 7.81. The number of rotatable bonds is 3. The summed E-state index contributed by atoms with van der Waals surface area (Å²) < 4.78 is 0. The van der Waals surface area contributed by atoms with Crippen molar-refractivity contribution >= 4 is 11.8 Å². The Morgan fingerprint density at radius 3 is 2.25 bits per heavy atom. The van der Waals surface area contributed by atoms with E-state index in [2.05, 4.69) is 43.6 Å². The number of hydrogen-bond acceptors (Lipinski definition) is 3. The topological polar surface area (TPSA) is 70.2 Å². The lowest BCUT2D eigenvalue weighted by Crippen LogP contribution is -2.62. The Morgan fingerprint density at radius 2 is 1.67 bits per heavy atom. The molecule has 24 heavy (non-hydrogen) atoms. The van der Waals surface area contributed by atoms with Crippen molar-refractivity contribution in [1.29, 1.82) is 0 Å². The van der Waals surface area contributed by atoms with Gasteiger partial charge in [-0.3, -0.25) is 9.59 Å².